The fourth-order valence-electron chi connectivity index (χ4n) is 5.80. The summed E-state index contributed by atoms with van der Waals surface area (Å²) in [6.45, 7) is 0. The van der Waals surface area contributed by atoms with E-state index in [-0.39, 0.29) is 10.7 Å². The molecule has 198 valence electrons. The molecule has 0 fully saturated rings. The van der Waals surface area contributed by atoms with Gasteiger partial charge in [-0.3, -0.25) is 4.79 Å². The Balaban J connectivity index is 1.74. The molecule has 1 heterocycles. The lowest BCUT2D eigenvalue weighted by Crippen LogP contribution is -2.60. The summed E-state index contributed by atoms with van der Waals surface area (Å²) in [7, 11) is -4.35. The Morgan fingerprint density at radius 1 is 0.650 bits per heavy atom. The highest BCUT2D eigenvalue weighted by molar-refractivity contribution is 7.92. The van der Waals surface area contributed by atoms with E-state index in [1.165, 1.54) is 12.1 Å². The van der Waals surface area contributed by atoms with Gasteiger partial charge >= 0.3 is 0 Å². The van der Waals surface area contributed by atoms with E-state index in [4.69, 9.17) is 0 Å². The second-order valence-corrected chi connectivity index (χ2v) is 11.6. The molecule has 0 bridgehead atoms. The lowest BCUT2D eigenvalue weighted by atomic mass is 9.67. The van der Waals surface area contributed by atoms with Crippen LogP contribution in [-0.2, 0) is 15.7 Å². The van der Waals surface area contributed by atoms with Crippen LogP contribution in [0.1, 0.15) is 33.0 Å². The van der Waals surface area contributed by atoms with Crippen molar-refractivity contribution in [1.29, 1.82) is 0 Å². The molecule has 6 rings (SSSR count). The minimum atomic E-state index is -4.35. The number of para-hydroxylation sites is 1. The molecule has 5 nitrogen and oxygen atoms in total. The molecule has 0 spiro atoms. The maximum absolute atomic E-state index is 14.6. The van der Waals surface area contributed by atoms with Crippen molar-refractivity contribution in [2.75, 3.05) is 4.31 Å². The highest BCUT2D eigenvalue weighted by Crippen LogP contribution is 2.56. The fourth-order valence-corrected chi connectivity index (χ4v) is 7.52. The fraction of sp³-hybridized carbons (Fsp3) is 0.0882. The number of anilines is 1. The average molecular weight is 546 g/mol. The molecule has 0 saturated carbocycles. The molecule has 0 amide bonds. The molecular weight excluding hydrogens is 518 g/mol. The third-order valence-corrected chi connectivity index (χ3v) is 9.37. The van der Waals surface area contributed by atoms with Gasteiger partial charge in [0.15, 0.2) is 11.5 Å². The van der Waals surface area contributed by atoms with Crippen LogP contribution in [0.5, 0.6) is 0 Å². The van der Waals surface area contributed by atoms with Crippen LogP contribution >= 0.6 is 0 Å². The van der Waals surface area contributed by atoms with Crippen molar-refractivity contribution in [2.24, 2.45) is 5.92 Å². The van der Waals surface area contributed by atoms with Crippen molar-refractivity contribution < 1.29 is 18.3 Å². The van der Waals surface area contributed by atoms with Crippen molar-refractivity contribution in [2.45, 2.75) is 16.5 Å². The highest BCUT2D eigenvalue weighted by Gasteiger charge is 2.59. The van der Waals surface area contributed by atoms with E-state index in [0.29, 0.717) is 22.4 Å². The number of sulfonamides is 1. The topological polar surface area (TPSA) is 74.7 Å². The van der Waals surface area contributed by atoms with Gasteiger partial charge in [-0.1, -0.05) is 127 Å². The third-order valence-electron chi connectivity index (χ3n) is 7.55. The molecule has 1 N–H and O–H groups in total. The summed E-state index contributed by atoms with van der Waals surface area (Å²) in [5.41, 5.74) is 0.193. The number of benzene rings is 5. The van der Waals surface area contributed by atoms with Gasteiger partial charge in [0.1, 0.15) is 0 Å². The van der Waals surface area contributed by atoms with E-state index in [1.54, 1.807) is 84.9 Å². The standard InChI is InChI=1S/C34H27NO4S/c36-33(26-17-7-2-8-18-26)32-31(25-15-5-1-6-16-25)29-23-13-14-24-30(29)35(34(32,37)27-19-9-3-10-20-27)40(38,39)28-21-11-4-12-22-28/h1-24,31-32,37H/t31-,32-,34+/m1/s1. The summed E-state index contributed by atoms with van der Waals surface area (Å²) >= 11 is 0. The van der Waals surface area contributed by atoms with Crippen LogP contribution in [0, 0.1) is 5.92 Å². The van der Waals surface area contributed by atoms with Gasteiger partial charge in [0.05, 0.1) is 16.5 Å². The summed E-state index contributed by atoms with van der Waals surface area (Å²) in [5, 5.41) is 13.1. The van der Waals surface area contributed by atoms with Gasteiger partial charge in [-0.25, -0.2) is 12.7 Å². The largest absolute Gasteiger partial charge is 0.365 e. The number of nitrogens with zero attached hydrogens (tertiary/aromatic N) is 1. The number of hydrogen-bond acceptors (Lipinski definition) is 4. The summed E-state index contributed by atoms with van der Waals surface area (Å²) in [5.74, 6) is -2.21. The summed E-state index contributed by atoms with van der Waals surface area (Å²) in [6.07, 6.45) is 0. The maximum atomic E-state index is 14.6. The van der Waals surface area contributed by atoms with Crippen LogP contribution in [0.2, 0.25) is 0 Å². The molecule has 6 heteroatoms. The number of rotatable bonds is 6. The predicted octanol–water partition coefficient (Wildman–Crippen LogP) is 6.37. The summed E-state index contributed by atoms with van der Waals surface area (Å²) in [6, 6.07) is 42.0. The molecule has 1 aliphatic heterocycles. The van der Waals surface area contributed by atoms with Crippen LogP contribution in [0.15, 0.2) is 150 Å². The van der Waals surface area contributed by atoms with E-state index < -0.39 is 27.6 Å². The Kier molecular flexibility index (Phi) is 6.58. The van der Waals surface area contributed by atoms with E-state index in [2.05, 4.69) is 0 Å². The maximum Gasteiger partial charge on any atom is 0.267 e. The first-order chi connectivity index (χ1) is 19.4. The first-order valence-electron chi connectivity index (χ1n) is 13.1. The molecule has 0 aliphatic carbocycles. The Bertz CT molecular complexity index is 1740. The van der Waals surface area contributed by atoms with E-state index in [0.717, 1.165) is 9.87 Å². The zero-order valence-corrected chi connectivity index (χ0v) is 22.4. The monoisotopic (exact) mass is 545 g/mol. The van der Waals surface area contributed by atoms with Crippen LogP contribution in [0.25, 0.3) is 0 Å². The predicted molar refractivity (Wildman–Crippen MR) is 155 cm³/mol. The number of aliphatic hydroxyl groups is 1. The van der Waals surface area contributed by atoms with Crippen LogP contribution in [0.4, 0.5) is 5.69 Å². The van der Waals surface area contributed by atoms with Gasteiger partial charge < -0.3 is 5.11 Å². The molecule has 0 unspecified atom stereocenters. The van der Waals surface area contributed by atoms with Gasteiger partial charge in [0.25, 0.3) is 10.0 Å². The Morgan fingerprint density at radius 2 is 1.15 bits per heavy atom. The Morgan fingerprint density at radius 3 is 1.77 bits per heavy atom. The van der Waals surface area contributed by atoms with Crippen molar-refractivity contribution in [3.8, 4) is 0 Å². The van der Waals surface area contributed by atoms with Crippen LogP contribution in [0.3, 0.4) is 0 Å². The highest BCUT2D eigenvalue weighted by atomic mass is 32.2. The van der Waals surface area contributed by atoms with Crippen LogP contribution in [-0.4, -0.2) is 19.3 Å². The van der Waals surface area contributed by atoms with E-state index in [9.17, 15) is 18.3 Å². The van der Waals surface area contributed by atoms with Crippen molar-refractivity contribution in [1.82, 2.24) is 0 Å². The molecule has 40 heavy (non-hydrogen) atoms. The molecule has 1 aliphatic rings. The second kappa shape index (κ2) is 10.2. The number of carbonyl (C=O) groups excluding carboxylic acids is 1. The van der Waals surface area contributed by atoms with Gasteiger partial charge in [0.2, 0.25) is 0 Å². The smallest absolute Gasteiger partial charge is 0.267 e. The lowest BCUT2D eigenvalue weighted by Gasteiger charge is -2.51. The summed E-state index contributed by atoms with van der Waals surface area (Å²) < 4.78 is 30.1. The molecule has 5 aromatic carbocycles. The normalized spacial score (nSPS) is 20.5. The number of Topliss-reactive ketones (excluding diaryl/α,β-unsaturated/α-hetero) is 1. The first kappa shape index (κ1) is 25.7. The minimum Gasteiger partial charge on any atom is -0.365 e. The number of hydrogen-bond donors (Lipinski definition) is 1. The summed E-state index contributed by atoms with van der Waals surface area (Å²) in [4.78, 5) is 14.6. The molecule has 5 aromatic rings. The van der Waals surface area contributed by atoms with Crippen molar-refractivity contribution in [3.05, 3.63) is 168 Å². The Hall–Kier alpha value is -4.52. The van der Waals surface area contributed by atoms with Gasteiger partial charge in [-0.15, -0.1) is 0 Å². The van der Waals surface area contributed by atoms with Crippen molar-refractivity contribution >= 4 is 21.5 Å². The average Bonchev–Trinajstić information content (AvgIpc) is 3.01. The zero-order chi connectivity index (χ0) is 27.7. The minimum absolute atomic E-state index is 0.0169. The number of ketones is 1. The second-order valence-electron chi connectivity index (χ2n) is 9.83. The number of carbonyl (C=O) groups is 1. The molecular formula is C34H27NO4S. The van der Waals surface area contributed by atoms with Crippen molar-refractivity contribution in [3.63, 3.8) is 0 Å². The Labute approximate surface area is 234 Å². The van der Waals surface area contributed by atoms with E-state index in [1.807, 2.05) is 48.5 Å². The number of fused-ring (bicyclic) bond motifs is 1. The molecule has 3 atom stereocenters. The third kappa shape index (κ3) is 4.13. The van der Waals surface area contributed by atoms with E-state index >= 15 is 0 Å². The first-order valence-corrected chi connectivity index (χ1v) is 14.5. The zero-order valence-electron chi connectivity index (χ0n) is 21.5. The SMILES string of the molecule is O=C(c1ccccc1)[C@H]1[C@H](c2ccccc2)c2ccccc2N(S(=O)(=O)c2ccccc2)[C@]1(O)c1ccccc1. The quantitative estimate of drug-likeness (QED) is 0.252. The molecule has 0 aromatic heterocycles. The van der Waals surface area contributed by atoms with Crippen LogP contribution < -0.4 is 4.31 Å². The van der Waals surface area contributed by atoms with Gasteiger partial charge in [0, 0.05) is 17.0 Å². The van der Waals surface area contributed by atoms with Gasteiger partial charge in [-0.2, -0.15) is 0 Å². The molecule has 0 radical (unpaired) electrons. The lowest BCUT2D eigenvalue weighted by molar-refractivity contribution is -0.0154. The van der Waals surface area contributed by atoms with Gasteiger partial charge in [-0.05, 0) is 29.3 Å². The molecule has 0 saturated heterocycles.